The van der Waals surface area contributed by atoms with E-state index in [0.29, 0.717) is 0 Å². The van der Waals surface area contributed by atoms with Gasteiger partial charge < -0.3 is 10.6 Å². The molecule has 0 aromatic heterocycles. The Hall–Kier alpha value is -1.61. The zero-order chi connectivity index (χ0) is 13.5. The highest BCUT2D eigenvalue weighted by atomic mass is 32.1. The molecule has 0 radical (unpaired) electrons. The average Bonchev–Trinajstić information content (AvgIpc) is 2.73. The number of rotatable bonds is 1. The van der Waals surface area contributed by atoms with Crippen molar-refractivity contribution in [2.45, 2.75) is 32.2 Å². The molecule has 3 rings (SSSR count). The van der Waals surface area contributed by atoms with Gasteiger partial charge in [0.15, 0.2) is 5.11 Å². The third-order valence-electron chi connectivity index (χ3n) is 3.83. The fourth-order valence-electron chi connectivity index (χ4n) is 2.88. The van der Waals surface area contributed by atoms with Crippen molar-refractivity contribution in [1.82, 2.24) is 10.6 Å². The highest BCUT2D eigenvalue weighted by molar-refractivity contribution is 7.80. The first-order valence-corrected chi connectivity index (χ1v) is 7.06. The van der Waals surface area contributed by atoms with Gasteiger partial charge in [0.1, 0.15) is 0 Å². The van der Waals surface area contributed by atoms with E-state index in [1.54, 1.807) is 0 Å². The predicted molar refractivity (Wildman–Crippen MR) is 83.6 cm³/mol. The van der Waals surface area contributed by atoms with Crippen molar-refractivity contribution in [2.24, 2.45) is 0 Å². The second-order valence-corrected chi connectivity index (χ2v) is 6.05. The Bertz CT molecular complexity index is 582. The van der Waals surface area contributed by atoms with Crippen molar-refractivity contribution in [1.29, 1.82) is 0 Å². The smallest absolute Gasteiger partial charge is 0.171 e. The van der Waals surface area contributed by atoms with Crippen LogP contribution in [-0.4, -0.2) is 10.7 Å². The van der Waals surface area contributed by atoms with Crippen LogP contribution in [0.1, 0.15) is 32.3 Å². The topological polar surface area (TPSA) is 24.1 Å². The van der Waals surface area contributed by atoms with Crippen molar-refractivity contribution in [2.75, 3.05) is 0 Å². The molecule has 2 nitrogen and oxygen atoms in total. The Labute approximate surface area is 119 Å². The van der Waals surface area contributed by atoms with Crippen LogP contribution in [0.4, 0.5) is 0 Å². The van der Waals surface area contributed by atoms with Crippen LogP contribution in [0.5, 0.6) is 0 Å². The van der Waals surface area contributed by atoms with Gasteiger partial charge >= 0.3 is 0 Å². The molecule has 1 aliphatic carbocycles. The first-order chi connectivity index (χ1) is 9.06. The van der Waals surface area contributed by atoms with Gasteiger partial charge in [-0.1, -0.05) is 30.3 Å². The van der Waals surface area contributed by atoms with Gasteiger partial charge in [-0.05, 0) is 61.7 Å². The van der Waals surface area contributed by atoms with Crippen molar-refractivity contribution >= 4 is 23.4 Å². The lowest BCUT2D eigenvalue weighted by molar-refractivity contribution is 0.508. The maximum Gasteiger partial charge on any atom is 0.171 e. The standard InChI is InChI=1S/C16H18N2S/c1-16(2)13-9-8-12(14(13)17-15(19)18-16)10-11-6-4-3-5-7-11/h3-7,10H,8-9H2,1-2H3,(H2,17,18,19)/b12-10+. The Balaban J connectivity index is 2.01. The van der Waals surface area contributed by atoms with Crippen molar-refractivity contribution in [3.05, 3.63) is 52.7 Å². The molecule has 1 aromatic carbocycles. The van der Waals surface area contributed by atoms with Crippen LogP contribution in [0.25, 0.3) is 6.08 Å². The minimum atomic E-state index is -0.0378. The van der Waals surface area contributed by atoms with Crippen LogP contribution in [0.3, 0.4) is 0 Å². The number of hydrogen-bond donors (Lipinski definition) is 2. The van der Waals surface area contributed by atoms with Gasteiger partial charge in [-0.15, -0.1) is 0 Å². The van der Waals surface area contributed by atoms with E-state index in [1.807, 2.05) is 6.07 Å². The predicted octanol–water partition coefficient (Wildman–Crippen LogP) is 3.37. The van der Waals surface area contributed by atoms with Crippen molar-refractivity contribution in [3.8, 4) is 0 Å². The number of nitrogens with one attached hydrogen (secondary N) is 2. The van der Waals surface area contributed by atoms with Crippen LogP contribution in [0, 0.1) is 0 Å². The second-order valence-electron chi connectivity index (χ2n) is 5.64. The molecular weight excluding hydrogens is 252 g/mol. The highest BCUT2D eigenvalue weighted by Crippen LogP contribution is 2.38. The van der Waals surface area contributed by atoms with Gasteiger partial charge in [0.25, 0.3) is 0 Å². The number of benzene rings is 1. The molecule has 3 heteroatoms. The van der Waals surface area contributed by atoms with Gasteiger partial charge in [0, 0.05) is 5.70 Å². The van der Waals surface area contributed by atoms with Crippen LogP contribution in [0.2, 0.25) is 0 Å². The van der Waals surface area contributed by atoms with Crippen LogP contribution in [-0.2, 0) is 0 Å². The second kappa shape index (κ2) is 4.49. The van der Waals surface area contributed by atoms with E-state index in [-0.39, 0.29) is 5.54 Å². The van der Waals surface area contributed by atoms with Crippen LogP contribution in [0.15, 0.2) is 47.2 Å². The Morgan fingerprint density at radius 1 is 1.16 bits per heavy atom. The molecule has 1 aliphatic heterocycles. The number of thiocarbonyl (C=S) groups is 1. The molecule has 1 heterocycles. The summed E-state index contributed by atoms with van der Waals surface area (Å²) in [6.45, 7) is 4.39. The quantitative estimate of drug-likeness (QED) is 0.765. The average molecular weight is 270 g/mol. The summed E-state index contributed by atoms with van der Waals surface area (Å²) in [6, 6.07) is 10.5. The molecular formula is C16H18N2S. The largest absolute Gasteiger partial charge is 0.354 e. The molecule has 0 spiro atoms. The minimum absolute atomic E-state index is 0.0378. The molecule has 98 valence electrons. The Morgan fingerprint density at radius 2 is 1.89 bits per heavy atom. The van der Waals surface area contributed by atoms with E-state index >= 15 is 0 Å². The van der Waals surface area contributed by atoms with E-state index in [9.17, 15) is 0 Å². The van der Waals surface area contributed by atoms with Crippen molar-refractivity contribution in [3.63, 3.8) is 0 Å². The molecule has 0 atom stereocenters. The first-order valence-electron chi connectivity index (χ1n) is 6.65. The van der Waals surface area contributed by atoms with Gasteiger partial charge in [-0.2, -0.15) is 0 Å². The molecule has 0 bridgehead atoms. The lowest BCUT2D eigenvalue weighted by Gasteiger charge is -2.35. The monoisotopic (exact) mass is 270 g/mol. The first kappa shape index (κ1) is 12.4. The van der Waals surface area contributed by atoms with E-state index in [0.717, 1.165) is 18.0 Å². The minimum Gasteiger partial charge on any atom is -0.354 e. The van der Waals surface area contributed by atoms with Crippen LogP contribution < -0.4 is 10.6 Å². The molecule has 0 unspecified atom stereocenters. The summed E-state index contributed by atoms with van der Waals surface area (Å²) in [7, 11) is 0. The molecule has 0 saturated carbocycles. The van der Waals surface area contributed by atoms with E-state index in [4.69, 9.17) is 12.2 Å². The summed E-state index contributed by atoms with van der Waals surface area (Å²) >= 11 is 5.31. The Kier molecular flexibility index (Phi) is 2.94. The number of hydrogen-bond acceptors (Lipinski definition) is 1. The van der Waals surface area contributed by atoms with Gasteiger partial charge in [-0.25, -0.2) is 0 Å². The van der Waals surface area contributed by atoms with Gasteiger partial charge in [0.2, 0.25) is 0 Å². The number of allylic oxidation sites excluding steroid dienone is 1. The van der Waals surface area contributed by atoms with Gasteiger partial charge in [-0.3, -0.25) is 0 Å². The maximum absolute atomic E-state index is 5.31. The highest BCUT2D eigenvalue weighted by Gasteiger charge is 2.35. The Morgan fingerprint density at radius 3 is 2.63 bits per heavy atom. The summed E-state index contributed by atoms with van der Waals surface area (Å²) in [5.41, 5.74) is 5.23. The molecule has 0 amide bonds. The summed E-state index contributed by atoms with van der Waals surface area (Å²) in [4.78, 5) is 0. The van der Waals surface area contributed by atoms with Crippen LogP contribution >= 0.6 is 12.2 Å². The summed E-state index contributed by atoms with van der Waals surface area (Å²) in [6.07, 6.45) is 4.45. The van der Waals surface area contributed by atoms with E-state index in [2.05, 4.69) is 54.8 Å². The molecule has 2 aliphatic rings. The maximum atomic E-state index is 5.31. The molecule has 0 saturated heterocycles. The lowest BCUT2D eigenvalue weighted by Crippen LogP contribution is -2.53. The van der Waals surface area contributed by atoms with Crippen molar-refractivity contribution < 1.29 is 0 Å². The van der Waals surface area contributed by atoms with E-state index in [1.165, 1.54) is 22.4 Å². The normalized spacial score (nSPS) is 23.1. The zero-order valence-electron chi connectivity index (χ0n) is 11.3. The summed E-state index contributed by atoms with van der Waals surface area (Å²) in [5, 5.41) is 7.41. The van der Waals surface area contributed by atoms with Gasteiger partial charge in [0.05, 0.1) is 5.54 Å². The zero-order valence-corrected chi connectivity index (χ0v) is 12.1. The lowest BCUT2D eigenvalue weighted by atomic mass is 9.91. The fraction of sp³-hybridized carbons (Fsp3) is 0.312. The molecule has 2 N–H and O–H groups in total. The molecule has 19 heavy (non-hydrogen) atoms. The van der Waals surface area contributed by atoms with E-state index < -0.39 is 0 Å². The molecule has 0 fully saturated rings. The summed E-state index contributed by atoms with van der Waals surface area (Å²) < 4.78 is 0. The molecule has 1 aromatic rings. The third-order valence-corrected chi connectivity index (χ3v) is 4.03. The summed E-state index contributed by atoms with van der Waals surface area (Å²) in [5.74, 6) is 0. The fourth-order valence-corrected chi connectivity index (χ4v) is 3.24. The SMILES string of the molecule is CC1(C)NC(=S)NC2=C1CC/C2=C\c1ccccc1. The third kappa shape index (κ3) is 2.30.